The van der Waals surface area contributed by atoms with Crippen molar-refractivity contribution in [3.63, 3.8) is 0 Å². The molecule has 1 aliphatic rings. The van der Waals surface area contributed by atoms with Crippen LogP contribution in [-0.4, -0.2) is 4.68 Å². The maximum Gasteiger partial charge on any atom is 0.432 e. The second kappa shape index (κ2) is 5.48. The minimum atomic E-state index is 0.00941. The highest BCUT2D eigenvalue weighted by Gasteiger charge is 2.60. The molecule has 2 atom stereocenters. The van der Waals surface area contributed by atoms with E-state index in [9.17, 15) is 0 Å². The molecule has 1 aliphatic heterocycles. The van der Waals surface area contributed by atoms with Crippen molar-refractivity contribution in [3.05, 3.63) is 35.7 Å². The molecule has 3 rings (SSSR count). The maximum atomic E-state index is 5.88. The van der Waals surface area contributed by atoms with Crippen LogP contribution in [-0.2, 0) is 24.5 Å². The molecular formula is C21H29N3+2. The zero-order valence-electron chi connectivity index (χ0n) is 15.8. The smallest absolute Gasteiger partial charge is 0.115 e. The zero-order chi connectivity index (χ0) is 17.7. The third kappa shape index (κ3) is 1.80. The van der Waals surface area contributed by atoms with Gasteiger partial charge in [0.05, 0.1) is 17.5 Å². The number of nitrogens with zero attached hydrogens (tertiary/aromatic N) is 3. The van der Waals surface area contributed by atoms with Crippen LogP contribution in [0.25, 0.3) is 11.4 Å². The Bertz CT molecular complexity index is 839. The summed E-state index contributed by atoms with van der Waals surface area (Å²) in [6, 6.07) is 6.47. The van der Waals surface area contributed by atoms with Crippen LogP contribution in [0.1, 0.15) is 58.6 Å². The third-order valence-corrected chi connectivity index (χ3v) is 6.59. The molecule has 0 aliphatic carbocycles. The van der Waals surface area contributed by atoms with E-state index < -0.39 is 0 Å². The lowest BCUT2D eigenvalue weighted by Gasteiger charge is -2.44. The molecule has 0 spiro atoms. The van der Waals surface area contributed by atoms with Gasteiger partial charge in [0.2, 0.25) is 0 Å². The molecule has 1 aromatic carbocycles. The van der Waals surface area contributed by atoms with Gasteiger partial charge >= 0.3 is 12.2 Å². The van der Waals surface area contributed by atoms with E-state index in [1.165, 1.54) is 17.0 Å². The minimum absolute atomic E-state index is 0.00941. The molecule has 0 N–H and O–H groups in total. The predicted octanol–water partition coefficient (Wildman–Crippen LogP) is 3.07. The molecule has 2 unspecified atom stereocenters. The highest BCUT2D eigenvalue weighted by molar-refractivity contribution is 5.70. The molecular weight excluding hydrogens is 294 g/mol. The highest BCUT2D eigenvalue weighted by Crippen LogP contribution is 2.49. The maximum absolute atomic E-state index is 5.88. The van der Waals surface area contributed by atoms with Gasteiger partial charge in [0.1, 0.15) is 0 Å². The topological polar surface area (TPSA) is 12.7 Å². The van der Waals surface area contributed by atoms with Gasteiger partial charge in [-0.2, -0.15) is 0 Å². The van der Waals surface area contributed by atoms with Crippen LogP contribution in [0.5, 0.6) is 0 Å². The molecule has 0 saturated heterocycles. The Morgan fingerprint density at radius 3 is 2.42 bits per heavy atom. The van der Waals surface area contributed by atoms with E-state index in [0.717, 1.165) is 24.9 Å². The van der Waals surface area contributed by atoms with E-state index in [0.29, 0.717) is 0 Å². The van der Waals surface area contributed by atoms with Crippen LogP contribution in [0.3, 0.4) is 0 Å². The van der Waals surface area contributed by atoms with Crippen LogP contribution >= 0.6 is 0 Å². The second-order valence-electron chi connectivity index (χ2n) is 7.28. The molecule has 2 aromatic rings. The van der Waals surface area contributed by atoms with E-state index >= 15 is 0 Å². The number of terminal acetylenes is 1. The normalized spacial score (nSPS) is 25.0. The Kier molecular flexibility index (Phi) is 3.83. The van der Waals surface area contributed by atoms with E-state index in [2.05, 4.69) is 86.0 Å². The highest BCUT2D eigenvalue weighted by atomic mass is 15.5. The van der Waals surface area contributed by atoms with Crippen molar-refractivity contribution in [3.8, 4) is 23.7 Å². The van der Waals surface area contributed by atoms with Gasteiger partial charge in [-0.15, -0.1) is 11.0 Å². The molecule has 0 amide bonds. The summed E-state index contributed by atoms with van der Waals surface area (Å²) < 4.78 is 6.99. The quantitative estimate of drug-likeness (QED) is 0.608. The van der Waals surface area contributed by atoms with E-state index in [1.54, 1.807) is 0 Å². The van der Waals surface area contributed by atoms with Gasteiger partial charge < -0.3 is 0 Å². The van der Waals surface area contributed by atoms with Crippen LogP contribution in [0, 0.1) is 12.3 Å². The number of fused-ring (bicyclic) bond motifs is 3. The Balaban J connectivity index is 2.54. The fourth-order valence-corrected chi connectivity index (χ4v) is 4.60. The van der Waals surface area contributed by atoms with Crippen molar-refractivity contribution in [1.29, 1.82) is 0 Å². The summed E-state index contributed by atoms with van der Waals surface area (Å²) in [4.78, 5) is 0. The summed E-state index contributed by atoms with van der Waals surface area (Å²) in [6.07, 6.45) is 10.3. The lowest BCUT2D eigenvalue weighted by Crippen LogP contribution is -2.67. The summed E-state index contributed by atoms with van der Waals surface area (Å²) in [5.41, 5.74) is 3.66. The average molecular weight is 323 g/mol. The SMILES string of the molecule is C#Cc1cccc2c1-c1n(CC)[n+](C)c[n+]1C(C)(CC)C2(C)CC. The van der Waals surface area contributed by atoms with Gasteiger partial charge in [-0.3, -0.25) is 0 Å². The molecule has 1 aromatic heterocycles. The Morgan fingerprint density at radius 2 is 1.88 bits per heavy atom. The molecule has 0 radical (unpaired) electrons. The first-order valence-corrected chi connectivity index (χ1v) is 9.01. The lowest BCUT2D eigenvalue weighted by atomic mass is 9.61. The second-order valence-corrected chi connectivity index (χ2v) is 7.28. The van der Waals surface area contributed by atoms with Crippen molar-refractivity contribution in [2.24, 2.45) is 7.05 Å². The predicted molar refractivity (Wildman–Crippen MR) is 96.4 cm³/mol. The van der Waals surface area contributed by atoms with E-state index in [1.807, 2.05) is 0 Å². The summed E-state index contributed by atoms with van der Waals surface area (Å²) >= 11 is 0. The number of benzene rings is 1. The number of hydrogen-bond donors (Lipinski definition) is 0. The first-order valence-electron chi connectivity index (χ1n) is 9.01. The minimum Gasteiger partial charge on any atom is -0.115 e. The number of hydrogen-bond acceptors (Lipinski definition) is 0. The van der Waals surface area contributed by atoms with E-state index in [-0.39, 0.29) is 11.0 Å². The zero-order valence-corrected chi connectivity index (χ0v) is 15.8. The van der Waals surface area contributed by atoms with Crippen molar-refractivity contribution in [1.82, 2.24) is 4.68 Å². The number of rotatable bonds is 3. The van der Waals surface area contributed by atoms with Gasteiger partial charge in [0.25, 0.3) is 0 Å². The molecule has 3 nitrogen and oxygen atoms in total. The van der Waals surface area contributed by atoms with Gasteiger partial charge in [-0.25, -0.2) is 0 Å². The molecule has 126 valence electrons. The van der Waals surface area contributed by atoms with Gasteiger partial charge in [0.15, 0.2) is 12.6 Å². The molecule has 0 fully saturated rings. The van der Waals surface area contributed by atoms with Gasteiger partial charge in [-0.05, 0) is 31.9 Å². The first kappa shape index (κ1) is 16.8. The fourth-order valence-electron chi connectivity index (χ4n) is 4.60. The fraction of sp³-hybridized carbons (Fsp3) is 0.524. The lowest BCUT2D eigenvalue weighted by molar-refractivity contribution is -0.841. The van der Waals surface area contributed by atoms with Gasteiger partial charge in [-0.1, -0.05) is 41.3 Å². The van der Waals surface area contributed by atoms with E-state index in [4.69, 9.17) is 6.42 Å². The summed E-state index contributed by atoms with van der Waals surface area (Å²) in [6.45, 7) is 12.5. The molecule has 3 heteroatoms. The van der Waals surface area contributed by atoms with Crippen molar-refractivity contribution in [2.45, 2.75) is 65.0 Å². The van der Waals surface area contributed by atoms with Crippen LogP contribution in [0.2, 0.25) is 0 Å². The number of aryl methyl sites for hydroxylation is 1. The van der Waals surface area contributed by atoms with Crippen molar-refractivity contribution < 1.29 is 9.25 Å². The summed E-state index contributed by atoms with van der Waals surface area (Å²) in [5, 5.41) is 0. The standard InChI is InChI=1S/C21H29N3/c1-8-16-13-12-14-17-18(16)19-23(15-22(7)24(19)11-4)21(6,10-3)20(17,5)9-2/h1,12-15H,9-11H2,2-7H3/q+2. The number of aromatic nitrogens is 3. The molecule has 24 heavy (non-hydrogen) atoms. The summed E-state index contributed by atoms with van der Waals surface area (Å²) in [7, 11) is 2.12. The first-order chi connectivity index (χ1) is 11.4. The van der Waals surface area contributed by atoms with Crippen LogP contribution < -0.4 is 9.25 Å². The van der Waals surface area contributed by atoms with Gasteiger partial charge in [0, 0.05) is 18.9 Å². The molecule has 2 heterocycles. The van der Waals surface area contributed by atoms with Crippen molar-refractivity contribution in [2.75, 3.05) is 0 Å². The molecule has 0 saturated carbocycles. The Morgan fingerprint density at radius 1 is 1.17 bits per heavy atom. The third-order valence-electron chi connectivity index (χ3n) is 6.59. The Hall–Kier alpha value is -2.08. The molecule has 0 bridgehead atoms. The average Bonchev–Trinajstić information content (AvgIpc) is 2.95. The summed E-state index contributed by atoms with van der Waals surface area (Å²) in [5.74, 6) is 4.16. The Labute approximate surface area is 145 Å². The van der Waals surface area contributed by atoms with Crippen molar-refractivity contribution >= 4 is 0 Å². The van der Waals surface area contributed by atoms with Crippen LogP contribution in [0.15, 0.2) is 24.5 Å². The van der Waals surface area contributed by atoms with Crippen LogP contribution in [0.4, 0.5) is 0 Å². The monoisotopic (exact) mass is 323 g/mol. The largest absolute Gasteiger partial charge is 0.432 e.